The summed E-state index contributed by atoms with van der Waals surface area (Å²) in [5, 5.41) is 10.1. The Morgan fingerprint density at radius 3 is 2.67 bits per heavy atom. The van der Waals surface area contributed by atoms with Crippen molar-refractivity contribution in [2.45, 2.75) is 52.2 Å². The molecular weight excluding hydrogens is 320 g/mol. The van der Waals surface area contributed by atoms with Crippen LogP contribution in [-0.2, 0) is 6.54 Å². The van der Waals surface area contributed by atoms with Gasteiger partial charge in [-0.15, -0.1) is 11.3 Å². The van der Waals surface area contributed by atoms with Crippen LogP contribution in [0.5, 0.6) is 0 Å². The maximum Gasteiger partial charge on any atom is 0.191 e. The number of hydrogen-bond acceptors (Lipinski definition) is 5. The van der Waals surface area contributed by atoms with Crippen LogP contribution in [0.2, 0.25) is 0 Å². The molecule has 1 aliphatic heterocycles. The topological polar surface area (TPSA) is 55.8 Å². The molecule has 0 saturated carbocycles. The molecule has 24 heavy (non-hydrogen) atoms. The SMILES string of the molecule is CCNC(=NCc1csc(N(C)C)n1)NC1CCN(C(C)C)CC1. The minimum Gasteiger partial charge on any atom is -0.357 e. The van der Waals surface area contributed by atoms with Gasteiger partial charge in [-0.25, -0.2) is 9.98 Å². The molecule has 136 valence electrons. The Morgan fingerprint density at radius 1 is 1.42 bits per heavy atom. The van der Waals surface area contributed by atoms with Crippen molar-refractivity contribution >= 4 is 22.4 Å². The second-order valence-electron chi connectivity index (χ2n) is 6.76. The minimum atomic E-state index is 0.505. The van der Waals surface area contributed by atoms with Crippen molar-refractivity contribution in [1.29, 1.82) is 0 Å². The molecule has 1 fully saturated rings. The van der Waals surface area contributed by atoms with E-state index in [1.165, 1.54) is 12.8 Å². The van der Waals surface area contributed by atoms with Gasteiger partial charge >= 0.3 is 0 Å². The molecule has 0 aliphatic carbocycles. The molecule has 6 nitrogen and oxygen atoms in total. The summed E-state index contributed by atoms with van der Waals surface area (Å²) in [5.41, 5.74) is 1.02. The fraction of sp³-hybridized carbons (Fsp3) is 0.765. The quantitative estimate of drug-likeness (QED) is 0.607. The minimum absolute atomic E-state index is 0.505. The Balaban J connectivity index is 1.88. The third-order valence-corrected chi connectivity index (χ3v) is 5.32. The lowest BCUT2D eigenvalue weighted by Gasteiger charge is -2.35. The molecule has 2 rings (SSSR count). The summed E-state index contributed by atoms with van der Waals surface area (Å²) >= 11 is 1.66. The molecule has 2 heterocycles. The first-order valence-electron chi connectivity index (χ1n) is 8.90. The zero-order chi connectivity index (χ0) is 17.5. The third kappa shape index (κ3) is 5.63. The molecule has 1 aromatic rings. The van der Waals surface area contributed by atoms with Crippen molar-refractivity contribution in [3.05, 3.63) is 11.1 Å². The molecule has 0 spiro atoms. The monoisotopic (exact) mass is 352 g/mol. The number of anilines is 1. The summed E-state index contributed by atoms with van der Waals surface area (Å²) in [6.07, 6.45) is 2.34. The van der Waals surface area contributed by atoms with E-state index in [0.29, 0.717) is 18.6 Å². The molecule has 0 amide bonds. The fourth-order valence-corrected chi connectivity index (χ4v) is 3.56. The van der Waals surface area contributed by atoms with E-state index in [9.17, 15) is 0 Å². The van der Waals surface area contributed by atoms with Crippen LogP contribution in [0.1, 0.15) is 39.3 Å². The van der Waals surface area contributed by atoms with Crippen LogP contribution in [0, 0.1) is 0 Å². The summed E-state index contributed by atoms with van der Waals surface area (Å²) in [6, 6.07) is 1.15. The molecule has 0 radical (unpaired) electrons. The third-order valence-electron chi connectivity index (χ3n) is 4.27. The summed E-state index contributed by atoms with van der Waals surface area (Å²) in [6.45, 7) is 10.5. The fourth-order valence-electron chi connectivity index (χ4n) is 2.81. The molecule has 0 atom stereocenters. The molecule has 1 saturated heterocycles. The lowest BCUT2D eigenvalue weighted by Crippen LogP contribution is -2.49. The number of aromatic nitrogens is 1. The molecule has 0 unspecified atom stereocenters. The van der Waals surface area contributed by atoms with E-state index >= 15 is 0 Å². The second kappa shape index (κ2) is 9.22. The molecule has 7 heteroatoms. The lowest BCUT2D eigenvalue weighted by molar-refractivity contribution is 0.167. The number of rotatable bonds is 6. The average Bonchev–Trinajstić information content (AvgIpc) is 3.02. The van der Waals surface area contributed by atoms with Crippen LogP contribution in [0.25, 0.3) is 0 Å². The Labute approximate surface area is 150 Å². The number of guanidine groups is 1. The summed E-state index contributed by atoms with van der Waals surface area (Å²) in [7, 11) is 4.03. The molecule has 2 N–H and O–H groups in total. The van der Waals surface area contributed by atoms with E-state index in [1.54, 1.807) is 11.3 Å². The van der Waals surface area contributed by atoms with E-state index in [2.05, 4.69) is 46.7 Å². The lowest BCUT2D eigenvalue weighted by atomic mass is 10.0. The van der Waals surface area contributed by atoms with Gasteiger partial charge in [-0.05, 0) is 33.6 Å². The van der Waals surface area contributed by atoms with Gasteiger partial charge in [0.25, 0.3) is 0 Å². The van der Waals surface area contributed by atoms with Crippen LogP contribution in [0.15, 0.2) is 10.4 Å². The highest BCUT2D eigenvalue weighted by Crippen LogP contribution is 2.18. The van der Waals surface area contributed by atoms with Gasteiger partial charge in [0, 0.05) is 51.2 Å². The van der Waals surface area contributed by atoms with Gasteiger partial charge in [-0.2, -0.15) is 0 Å². The highest BCUT2D eigenvalue weighted by Gasteiger charge is 2.21. The van der Waals surface area contributed by atoms with Gasteiger partial charge in [-0.1, -0.05) is 0 Å². The molecule has 0 aromatic carbocycles. The van der Waals surface area contributed by atoms with E-state index in [-0.39, 0.29) is 0 Å². The number of nitrogens with zero attached hydrogens (tertiary/aromatic N) is 4. The predicted octanol–water partition coefficient (Wildman–Crippen LogP) is 2.14. The first-order valence-corrected chi connectivity index (χ1v) is 9.78. The van der Waals surface area contributed by atoms with Crippen molar-refractivity contribution in [2.24, 2.45) is 4.99 Å². The number of likely N-dealkylation sites (tertiary alicyclic amines) is 1. The Hall–Kier alpha value is -1.34. The van der Waals surface area contributed by atoms with Crippen molar-refractivity contribution in [1.82, 2.24) is 20.5 Å². The van der Waals surface area contributed by atoms with Crippen LogP contribution in [0.3, 0.4) is 0 Å². The van der Waals surface area contributed by atoms with Crippen LogP contribution in [-0.4, -0.2) is 61.7 Å². The van der Waals surface area contributed by atoms with Crippen molar-refractivity contribution < 1.29 is 0 Å². The summed E-state index contributed by atoms with van der Waals surface area (Å²) < 4.78 is 0. The first kappa shape index (κ1) is 19.0. The summed E-state index contributed by atoms with van der Waals surface area (Å²) in [5.74, 6) is 0.903. The smallest absolute Gasteiger partial charge is 0.191 e. The second-order valence-corrected chi connectivity index (χ2v) is 7.60. The highest BCUT2D eigenvalue weighted by atomic mass is 32.1. The Bertz CT molecular complexity index is 517. The maximum atomic E-state index is 4.71. The van der Waals surface area contributed by atoms with Gasteiger partial charge in [0.15, 0.2) is 11.1 Å². The van der Waals surface area contributed by atoms with Crippen LogP contribution in [0.4, 0.5) is 5.13 Å². The van der Waals surface area contributed by atoms with E-state index in [1.807, 2.05) is 19.0 Å². The number of aliphatic imine (C=N–C) groups is 1. The number of nitrogens with one attached hydrogen (secondary N) is 2. The normalized spacial score (nSPS) is 17.3. The number of thiazole rings is 1. The molecule has 0 bridgehead atoms. The van der Waals surface area contributed by atoms with Gasteiger partial charge in [0.05, 0.1) is 12.2 Å². The predicted molar refractivity (Wildman–Crippen MR) is 104 cm³/mol. The zero-order valence-corrected chi connectivity index (χ0v) is 16.5. The average molecular weight is 353 g/mol. The van der Waals surface area contributed by atoms with Crippen molar-refractivity contribution in [3.8, 4) is 0 Å². The summed E-state index contributed by atoms with van der Waals surface area (Å²) in [4.78, 5) is 13.9. The van der Waals surface area contributed by atoms with E-state index in [0.717, 1.165) is 36.4 Å². The molecule has 1 aliphatic rings. The van der Waals surface area contributed by atoms with Gasteiger partial charge < -0.3 is 20.4 Å². The Morgan fingerprint density at radius 2 is 2.12 bits per heavy atom. The van der Waals surface area contributed by atoms with E-state index < -0.39 is 0 Å². The van der Waals surface area contributed by atoms with Crippen LogP contribution >= 0.6 is 11.3 Å². The standard InChI is InChI=1S/C17H32N6S/c1-6-18-16(19-11-15-12-24-17(21-15)22(4)5)20-14-7-9-23(10-8-14)13(2)3/h12-14H,6-11H2,1-5H3,(H2,18,19,20). The highest BCUT2D eigenvalue weighted by molar-refractivity contribution is 7.13. The zero-order valence-electron chi connectivity index (χ0n) is 15.7. The van der Waals surface area contributed by atoms with Crippen molar-refractivity contribution in [2.75, 3.05) is 38.6 Å². The van der Waals surface area contributed by atoms with Gasteiger partial charge in [0.2, 0.25) is 0 Å². The van der Waals surface area contributed by atoms with E-state index in [4.69, 9.17) is 4.99 Å². The number of hydrogen-bond donors (Lipinski definition) is 2. The maximum absolute atomic E-state index is 4.71. The Kier molecular flexibility index (Phi) is 7.30. The number of piperidine rings is 1. The van der Waals surface area contributed by atoms with Gasteiger partial charge in [0.1, 0.15) is 0 Å². The van der Waals surface area contributed by atoms with Gasteiger partial charge in [-0.3, -0.25) is 0 Å². The molecule has 1 aromatic heterocycles. The largest absolute Gasteiger partial charge is 0.357 e. The molecular formula is C17H32N6S. The first-order chi connectivity index (χ1) is 11.5. The van der Waals surface area contributed by atoms with Crippen molar-refractivity contribution in [3.63, 3.8) is 0 Å². The van der Waals surface area contributed by atoms with Crippen LogP contribution < -0.4 is 15.5 Å².